The highest BCUT2D eigenvalue weighted by Crippen LogP contribution is 2.39. The van der Waals surface area contributed by atoms with E-state index in [1.54, 1.807) is 0 Å². The number of alkyl halides is 1. The number of nitrogens with one attached hydrogen (secondary N) is 1. The largest absolute Gasteiger partial charge is 0.356 e. The van der Waals surface area contributed by atoms with Gasteiger partial charge in [0.05, 0.1) is 0 Å². The molecular weight excluding hydrogens is 270 g/mol. The molecule has 0 bridgehead atoms. The smallest absolute Gasteiger partial charge is 0.223 e. The average Bonchev–Trinajstić information content (AvgIpc) is 2.81. The van der Waals surface area contributed by atoms with E-state index in [0.29, 0.717) is 16.7 Å². The van der Waals surface area contributed by atoms with E-state index in [2.05, 4.69) is 26.1 Å². The second kappa shape index (κ2) is 6.68. The van der Waals surface area contributed by atoms with Crippen LogP contribution in [-0.4, -0.2) is 17.8 Å². The van der Waals surface area contributed by atoms with Gasteiger partial charge in [0, 0.05) is 17.8 Å². The van der Waals surface area contributed by atoms with E-state index in [4.69, 9.17) is 11.6 Å². The second-order valence-corrected chi connectivity index (χ2v) is 8.55. The molecule has 0 spiro atoms. The lowest BCUT2D eigenvalue weighted by Gasteiger charge is -2.36. The van der Waals surface area contributed by atoms with Gasteiger partial charge < -0.3 is 5.32 Å². The molecule has 2 aliphatic rings. The maximum atomic E-state index is 12.2. The fourth-order valence-corrected chi connectivity index (χ4v) is 4.19. The maximum absolute atomic E-state index is 12.2. The zero-order valence-corrected chi connectivity index (χ0v) is 14.0. The molecule has 2 saturated carbocycles. The predicted molar refractivity (Wildman–Crippen MR) is 84.9 cm³/mol. The number of amides is 1. The third kappa shape index (κ3) is 4.38. The van der Waals surface area contributed by atoms with Crippen LogP contribution in [0.1, 0.15) is 65.7 Å². The van der Waals surface area contributed by atoms with Gasteiger partial charge in [0.15, 0.2) is 0 Å². The Kier molecular flexibility index (Phi) is 5.39. The first-order valence-corrected chi connectivity index (χ1v) is 8.71. The number of hydrogen-bond donors (Lipinski definition) is 1. The quantitative estimate of drug-likeness (QED) is 0.771. The normalized spacial score (nSPS) is 35.0. The van der Waals surface area contributed by atoms with Gasteiger partial charge in [0.1, 0.15) is 0 Å². The molecule has 0 saturated heterocycles. The second-order valence-electron chi connectivity index (χ2n) is 7.94. The van der Waals surface area contributed by atoms with Crippen LogP contribution in [0.5, 0.6) is 0 Å². The summed E-state index contributed by atoms with van der Waals surface area (Å²) in [6.45, 7) is 7.80. The standard InChI is InChI=1S/C17H30ClNO/c1-17(2,3)14-7-5-13(6-8-14)16(20)19-11-12-4-9-15(18)10-12/h12-15H,4-11H2,1-3H3,(H,19,20). The van der Waals surface area contributed by atoms with E-state index in [9.17, 15) is 4.79 Å². The first-order chi connectivity index (χ1) is 9.36. The molecular formula is C17H30ClNO. The lowest BCUT2D eigenvalue weighted by Crippen LogP contribution is -2.37. The van der Waals surface area contributed by atoms with Crippen LogP contribution >= 0.6 is 11.6 Å². The highest BCUT2D eigenvalue weighted by atomic mass is 35.5. The fourth-order valence-electron chi connectivity index (χ4n) is 3.81. The van der Waals surface area contributed by atoms with Crippen LogP contribution in [0.2, 0.25) is 0 Å². The molecule has 0 radical (unpaired) electrons. The van der Waals surface area contributed by atoms with Crippen LogP contribution in [-0.2, 0) is 4.79 Å². The van der Waals surface area contributed by atoms with E-state index < -0.39 is 0 Å². The third-order valence-electron chi connectivity index (χ3n) is 5.36. The molecule has 2 nitrogen and oxygen atoms in total. The summed E-state index contributed by atoms with van der Waals surface area (Å²) in [4.78, 5) is 12.2. The molecule has 2 atom stereocenters. The number of hydrogen-bond acceptors (Lipinski definition) is 1. The Balaban J connectivity index is 1.69. The Morgan fingerprint density at radius 1 is 1.10 bits per heavy atom. The van der Waals surface area contributed by atoms with Gasteiger partial charge >= 0.3 is 0 Å². The zero-order valence-electron chi connectivity index (χ0n) is 13.3. The predicted octanol–water partition coefficient (Wildman–Crippen LogP) is 4.36. The Labute approximate surface area is 129 Å². The van der Waals surface area contributed by atoms with E-state index in [1.807, 2.05) is 0 Å². The SMILES string of the molecule is CC(C)(C)C1CCC(C(=O)NCC2CCC(Cl)C2)CC1. The monoisotopic (exact) mass is 299 g/mol. The topological polar surface area (TPSA) is 29.1 Å². The van der Waals surface area contributed by atoms with Crippen molar-refractivity contribution in [3.63, 3.8) is 0 Å². The molecule has 0 aliphatic heterocycles. The molecule has 0 aromatic heterocycles. The van der Waals surface area contributed by atoms with Crippen LogP contribution in [0, 0.1) is 23.2 Å². The lowest BCUT2D eigenvalue weighted by atomic mass is 9.69. The van der Waals surface area contributed by atoms with Crippen LogP contribution in [0.25, 0.3) is 0 Å². The molecule has 2 unspecified atom stereocenters. The summed E-state index contributed by atoms with van der Waals surface area (Å²) < 4.78 is 0. The Hall–Kier alpha value is -0.240. The molecule has 0 aromatic rings. The van der Waals surface area contributed by atoms with Crippen molar-refractivity contribution in [1.82, 2.24) is 5.32 Å². The van der Waals surface area contributed by atoms with Crippen LogP contribution in [0.4, 0.5) is 0 Å². The molecule has 2 rings (SSSR count). The van der Waals surface area contributed by atoms with Gasteiger partial charge in [0.25, 0.3) is 0 Å². The van der Waals surface area contributed by atoms with Crippen LogP contribution < -0.4 is 5.32 Å². The summed E-state index contributed by atoms with van der Waals surface area (Å²) in [5, 5.41) is 3.50. The fraction of sp³-hybridized carbons (Fsp3) is 0.941. The molecule has 1 amide bonds. The molecule has 116 valence electrons. The van der Waals surface area contributed by atoms with Crippen molar-refractivity contribution in [2.45, 2.75) is 71.1 Å². The van der Waals surface area contributed by atoms with Crippen molar-refractivity contribution in [2.75, 3.05) is 6.54 Å². The molecule has 1 N–H and O–H groups in total. The Morgan fingerprint density at radius 2 is 1.75 bits per heavy atom. The van der Waals surface area contributed by atoms with Gasteiger partial charge in [-0.2, -0.15) is 0 Å². The highest BCUT2D eigenvalue weighted by molar-refractivity contribution is 6.20. The summed E-state index contributed by atoms with van der Waals surface area (Å²) in [7, 11) is 0. The van der Waals surface area contributed by atoms with Crippen molar-refractivity contribution < 1.29 is 4.79 Å². The highest BCUT2D eigenvalue weighted by Gasteiger charge is 2.32. The van der Waals surface area contributed by atoms with Crippen molar-refractivity contribution in [2.24, 2.45) is 23.2 Å². The molecule has 2 aliphatic carbocycles. The van der Waals surface area contributed by atoms with E-state index in [0.717, 1.165) is 38.1 Å². The van der Waals surface area contributed by atoms with Gasteiger partial charge in [-0.05, 0) is 62.2 Å². The summed E-state index contributed by atoms with van der Waals surface area (Å²) in [5.74, 6) is 1.92. The molecule has 3 heteroatoms. The minimum atomic E-state index is 0.252. The molecule has 0 heterocycles. The maximum Gasteiger partial charge on any atom is 0.223 e. The van der Waals surface area contributed by atoms with Gasteiger partial charge in [-0.3, -0.25) is 4.79 Å². The third-order valence-corrected chi connectivity index (χ3v) is 5.76. The summed E-state index contributed by atoms with van der Waals surface area (Å²) in [5.41, 5.74) is 0.390. The minimum Gasteiger partial charge on any atom is -0.356 e. The number of halogens is 1. The first kappa shape index (κ1) is 16.1. The minimum absolute atomic E-state index is 0.252. The summed E-state index contributed by atoms with van der Waals surface area (Å²) in [6.07, 6.45) is 7.89. The van der Waals surface area contributed by atoms with Gasteiger partial charge in [-0.15, -0.1) is 11.6 Å². The van der Waals surface area contributed by atoms with Crippen LogP contribution in [0.3, 0.4) is 0 Å². The number of carbonyl (C=O) groups is 1. The van der Waals surface area contributed by atoms with Crippen molar-refractivity contribution in [3.8, 4) is 0 Å². The first-order valence-electron chi connectivity index (χ1n) is 8.28. The van der Waals surface area contributed by atoms with Crippen molar-refractivity contribution in [1.29, 1.82) is 0 Å². The van der Waals surface area contributed by atoms with Crippen LogP contribution in [0.15, 0.2) is 0 Å². The van der Waals surface area contributed by atoms with E-state index >= 15 is 0 Å². The number of rotatable bonds is 3. The van der Waals surface area contributed by atoms with Gasteiger partial charge in [-0.25, -0.2) is 0 Å². The van der Waals surface area contributed by atoms with E-state index in [-0.39, 0.29) is 11.8 Å². The van der Waals surface area contributed by atoms with Crippen molar-refractivity contribution in [3.05, 3.63) is 0 Å². The summed E-state index contributed by atoms with van der Waals surface area (Å²) in [6, 6.07) is 0. The van der Waals surface area contributed by atoms with Crippen molar-refractivity contribution >= 4 is 17.5 Å². The van der Waals surface area contributed by atoms with Gasteiger partial charge in [0.2, 0.25) is 5.91 Å². The molecule has 20 heavy (non-hydrogen) atoms. The van der Waals surface area contributed by atoms with Gasteiger partial charge in [-0.1, -0.05) is 20.8 Å². The summed E-state index contributed by atoms with van der Waals surface area (Å²) >= 11 is 6.12. The zero-order chi connectivity index (χ0) is 14.8. The number of carbonyl (C=O) groups excluding carboxylic acids is 1. The Morgan fingerprint density at radius 3 is 2.25 bits per heavy atom. The average molecular weight is 300 g/mol. The van der Waals surface area contributed by atoms with E-state index in [1.165, 1.54) is 19.3 Å². The molecule has 2 fully saturated rings. The Bertz CT molecular complexity index is 328. The molecule has 0 aromatic carbocycles. The lowest BCUT2D eigenvalue weighted by molar-refractivity contribution is -0.126.